The van der Waals surface area contributed by atoms with Crippen molar-refractivity contribution >= 4 is 0 Å². The number of halogens is 1. The average molecular weight is 136 g/mol. The summed E-state index contributed by atoms with van der Waals surface area (Å²) in [5.41, 5.74) is -1.32. The van der Waals surface area contributed by atoms with Gasteiger partial charge >= 0.3 is 0 Å². The van der Waals surface area contributed by atoms with Gasteiger partial charge in [0.25, 0.3) is 0 Å². The van der Waals surface area contributed by atoms with Gasteiger partial charge in [0, 0.05) is 13.0 Å². The van der Waals surface area contributed by atoms with Crippen molar-refractivity contribution in [3.63, 3.8) is 0 Å². The minimum absolute atomic E-state index is 0.00347. The summed E-state index contributed by atoms with van der Waals surface area (Å²) in [6.07, 6.45) is -1.33. The first-order valence-electron chi connectivity index (χ1n) is 2.95. The van der Waals surface area contributed by atoms with Gasteiger partial charge in [-0.15, -0.1) is 0 Å². The molecule has 3 heteroatoms. The fourth-order valence-electron chi connectivity index (χ4n) is 0.467. The number of hydrogen-bond donors (Lipinski definition) is 2. The van der Waals surface area contributed by atoms with Crippen molar-refractivity contribution in [2.24, 2.45) is 0 Å². The van der Waals surface area contributed by atoms with Gasteiger partial charge in [-0.2, -0.15) is 0 Å². The molecule has 0 saturated heterocycles. The monoisotopic (exact) mass is 136 g/mol. The van der Waals surface area contributed by atoms with Crippen molar-refractivity contribution in [1.29, 1.82) is 0 Å². The van der Waals surface area contributed by atoms with E-state index in [-0.39, 0.29) is 13.0 Å². The number of aliphatic hydroxyl groups excluding tert-OH is 1. The van der Waals surface area contributed by atoms with E-state index in [2.05, 4.69) is 0 Å². The van der Waals surface area contributed by atoms with Crippen molar-refractivity contribution in [3.8, 4) is 0 Å². The number of alkyl halides is 1. The minimum Gasteiger partial charge on any atom is -0.396 e. The minimum atomic E-state index is -1.33. The summed E-state index contributed by atoms with van der Waals surface area (Å²) in [7, 11) is 0. The lowest BCUT2D eigenvalue weighted by Gasteiger charge is -2.20. The summed E-state index contributed by atoms with van der Waals surface area (Å²) in [6, 6.07) is 0. The molecule has 0 spiro atoms. The molecule has 9 heavy (non-hydrogen) atoms. The van der Waals surface area contributed by atoms with E-state index < -0.39 is 11.8 Å². The first-order chi connectivity index (χ1) is 3.98. The summed E-state index contributed by atoms with van der Waals surface area (Å²) in [5, 5.41) is 17.2. The molecule has 0 aromatic carbocycles. The molecule has 0 aromatic heterocycles. The van der Waals surface area contributed by atoms with Crippen molar-refractivity contribution < 1.29 is 14.6 Å². The quantitative estimate of drug-likeness (QED) is 0.592. The van der Waals surface area contributed by atoms with Crippen LogP contribution in [-0.4, -0.2) is 28.6 Å². The van der Waals surface area contributed by atoms with Crippen LogP contribution in [0.5, 0.6) is 0 Å². The number of rotatable bonds is 3. The Labute approximate surface area is 54.3 Å². The fraction of sp³-hybridized carbons (Fsp3) is 1.00. The van der Waals surface area contributed by atoms with Crippen LogP contribution in [0.15, 0.2) is 0 Å². The second-order valence-electron chi connectivity index (χ2n) is 2.63. The Morgan fingerprint density at radius 3 is 2.11 bits per heavy atom. The summed E-state index contributed by atoms with van der Waals surface area (Å²) < 4.78 is 12.5. The van der Waals surface area contributed by atoms with Crippen LogP contribution in [0.25, 0.3) is 0 Å². The fourth-order valence-corrected chi connectivity index (χ4v) is 0.467. The summed E-state index contributed by atoms with van der Waals surface area (Å²) in [5.74, 6) is 0. The van der Waals surface area contributed by atoms with Gasteiger partial charge in [0.1, 0.15) is 6.17 Å². The topological polar surface area (TPSA) is 40.5 Å². The van der Waals surface area contributed by atoms with Crippen LogP contribution in [0.3, 0.4) is 0 Å². The maximum Gasteiger partial charge on any atom is 0.130 e. The Bertz CT molecular complexity index is 77.6. The molecule has 0 unspecified atom stereocenters. The highest BCUT2D eigenvalue weighted by atomic mass is 19.1. The molecule has 0 rings (SSSR count). The van der Waals surface area contributed by atoms with E-state index in [1.54, 1.807) is 0 Å². The average Bonchev–Trinajstić information content (AvgIpc) is 1.64. The van der Waals surface area contributed by atoms with Gasteiger partial charge in [-0.3, -0.25) is 0 Å². The molecule has 0 bridgehead atoms. The van der Waals surface area contributed by atoms with Crippen LogP contribution in [0.2, 0.25) is 0 Å². The molecule has 0 saturated carbocycles. The molecule has 0 aliphatic rings. The molecule has 56 valence electrons. The van der Waals surface area contributed by atoms with Gasteiger partial charge < -0.3 is 10.2 Å². The van der Waals surface area contributed by atoms with Crippen LogP contribution >= 0.6 is 0 Å². The zero-order chi connectivity index (χ0) is 7.49. The largest absolute Gasteiger partial charge is 0.396 e. The predicted octanol–water partition coefficient (Wildman–Crippen LogP) is 0.478. The maximum atomic E-state index is 12.5. The lowest BCUT2D eigenvalue weighted by Crippen LogP contribution is -2.32. The Morgan fingerprint density at radius 2 is 2.00 bits per heavy atom. The van der Waals surface area contributed by atoms with Crippen LogP contribution in [0, 0.1) is 0 Å². The Balaban J connectivity index is 3.59. The molecule has 2 N–H and O–H groups in total. The molecule has 0 amide bonds. The predicted molar refractivity (Wildman–Crippen MR) is 32.9 cm³/mol. The molecule has 0 fully saturated rings. The molecular formula is C6H13FO2. The molecule has 0 aliphatic heterocycles. The van der Waals surface area contributed by atoms with E-state index in [0.717, 1.165) is 0 Å². The second kappa shape index (κ2) is 3.13. The van der Waals surface area contributed by atoms with Gasteiger partial charge in [0.15, 0.2) is 0 Å². The first-order valence-corrected chi connectivity index (χ1v) is 2.95. The zero-order valence-electron chi connectivity index (χ0n) is 5.76. The first kappa shape index (κ1) is 8.85. The van der Waals surface area contributed by atoms with E-state index in [0.29, 0.717) is 0 Å². The van der Waals surface area contributed by atoms with Crippen molar-refractivity contribution in [2.75, 3.05) is 6.61 Å². The van der Waals surface area contributed by atoms with Crippen LogP contribution in [0.4, 0.5) is 4.39 Å². The third-order valence-corrected chi connectivity index (χ3v) is 1.15. The van der Waals surface area contributed by atoms with Crippen LogP contribution in [0.1, 0.15) is 20.3 Å². The van der Waals surface area contributed by atoms with E-state index in [1.807, 2.05) is 0 Å². The highest BCUT2D eigenvalue weighted by molar-refractivity contribution is 4.75. The number of aliphatic hydroxyl groups is 2. The van der Waals surface area contributed by atoms with Gasteiger partial charge in [0.05, 0.1) is 5.60 Å². The smallest absolute Gasteiger partial charge is 0.130 e. The van der Waals surface area contributed by atoms with E-state index in [4.69, 9.17) is 10.2 Å². The van der Waals surface area contributed by atoms with Gasteiger partial charge in [-0.05, 0) is 13.8 Å². The molecule has 0 heterocycles. The highest BCUT2D eigenvalue weighted by Crippen LogP contribution is 2.14. The van der Waals surface area contributed by atoms with Crippen molar-refractivity contribution in [3.05, 3.63) is 0 Å². The van der Waals surface area contributed by atoms with E-state index in [9.17, 15) is 4.39 Å². The third-order valence-electron chi connectivity index (χ3n) is 1.15. The Morgan fingerprint density at radius 1 is 1.56 bits per heavy atom. The van der Waals surface area contributed by atoms with Crippen LogP contribution in [-0.2, 0) is 0 Å². The van der Waals surface area contributed by atoms with Crippen LogP contribution < -0.4 is 0 Å². The third kappa shape index (κ3) is 3.43. The number of hydrogen-bond acceptors (Lipinski definition) is 2. The Hall–Kier alpha value is -0.150. The standard InChI is InChI=1S/C6H13FO2/c1-6(2,9)5(7)3-4-8/h5,8-9H,3-4H2,1-2H3/t5-/m0/s1. The SMILES string of the molecule is CC(C)(O)[C@@H](F)CCO. The van der Waals surface area contributed by atoms with Crippen molar-refractivity contribution in [1.82, 2.24) is 0 Å². The molecule has 2 nitrogen and oxygen atoms in total. The van der Waals surface area contributed by atoms with Gasteiger partial charge in [-0.25, -0.2) is 4.39 Å². The summed E-state index contributed by atoms with van der Waals surface area (Å²) in [4.78, 5) is 0. The van der Waals surface area contributed by atoms with E-state index in [1.165, 1.54) is 13.8 Å². The summed E-state index contributed by atoms with van der Waals surface area (Å²) >= 11 is 0. The van der Waals surface area contributed by atoms with Crippen molar-refractivity contribution in [2.45, 2.75) is 32.0 Å². The molecular weight excluding hydrogens is 123 g/mol. The van der Waals surface area contributed by atoms with Gasteiger partial charge in [-0.1, -0.05) is 0 Å². The molecule has 0 aliphatic carbocycles. The lowest BCUT2D eigenvalue weighted by atomic mass is 10.0. The Kier molecular flexibility index (Phi) is 3.08. The maximum absolute atomic E-state index is 12.5. The van der Waals surface area contributed by atoms with E-state index >= 15 is 0 Å². The lowest BCUT2D eigenvalue weighted by molar-refractivity contribution is -0.0130. The second-order valence-corrected chi connectivity index (χ2v) is 2.63. The highest BCUT2D eigenvalue weighted by Gasteiger charge is 2.25. The normalized spacial score (nSPS) is 15.7. The molecule has 1 atom stereocenters. The van der Waals surface area contributed by atoms with Gasteiger partial charge in [0.2, 0.25) is 0 Å². The zero-order valence-corrected chi connectivity index (χ0v) is 5.76. The summed E-state index contributed by atoms with van der Waals surface area (Å²) in [6.45, 7) is 2.55. The molecule has 0 aromatic rings. The molecule has 0 radical (unpaired) electrons.